The predicted molar refractivity (Wildman–Crippen MR) is 126 cm³/mol. The molecule has 4 rings (SSSR count). The van der Waals surface area contributed by atoms with Crippen LogP contribution in [0.15, 0.2) is 64.5 Å². The fraction of sp³-hybridized carbons (Fsp3) is 0.292. The molecule has 2 heterocycles. The molecular formula is C24H26N4O3S. The van der Waals surface area contributed by atoms with Gasteiger partial charge in [-0.2, -0.15) is 0 Å². The number of benzene rings is 2. The van der Waals surface area contributed by atoms with Crippen molar-refractivity contribution in [2.75, 3.05) is 31.4 Å². The van der Waals surface area contributed by atoms with Gasteiger partial charge in [-0.15, -0.1) is 0 Å². The van der Waals surface area contributed by atoms with Crippen molar-refractivity contribution >= 4 is 23.4 Å². The predicted octanol–water partition coefficient (Wildman–Crippen LogP) is 3.09. The Bertz CT molecular complexity index is 1150. The minimum atomic E-state index is -0.133. The molecule has 1 N–H and O–H groups in total. The molecule has 0 radical (unpaired) electrons. The number of methoxy groups -OCH3 is 1. The molecule has 1 aliphatic rings. The van der Waals surface area contributed by atoms with Crippen molar-refractivity contribution < 1.29 is 9.53 Å². The quantitative estimate of drug-likeness (QED) is 0.440. The minimum absolute atomic E-state index is 0.0513. The zero-order valence-corrected chi connectivity index (χ0v) is 19.0. The van der Waals surface area contributed by atoms with Crippen molar-refractivity contribution in [1.82, 2.24) is 14.9 Å². The SMILES string of the molecule is COc1ccccc1CN1CCc2nc(SCC(=O)N(C)c3ccccc3)[nH]c(=O)c2C1. The average molecular weight is 451 g/mol. The summed E-state index contributed by atoms with van der Waals surface area (Å²) in [5, 5.41) is 0.488. The smallest absolute Gasteiger partial charge is 0.256 e. The van der Waals surface area contributed by atoms with Crippen LogP contribution in [0.5, 0.6) is 5.75 Å². The molecule has 1 aromatic heterocycles. The lowest BCUT2D eigenvalue weighted by Gasteiger charge is -2.28. The molecule has 0 aliphatic carbocycles. The molecule has 8 heteroatoms. The number of aromatic amines is 1. The van der Waals surface area contributed by atoms with Crippen molar-refractivity contribution in [2.24, 2.45) is 0 Å². The van der Waals surface area contributed by atoms with Gasteiger partial charge in [-0.1, -0.05) is 48.2 Å². The monoisotopic (exact) mass is 450 g/mol. The summed E-state index contributed by atoms with van der Waals surface area (Å²) in [6.45, 7) is 2.05. The van der Waals surface area contributed by atoms with Gasteiger partial charge >= 0.3 is 0 Å². The van der Waals surface area contributed by atoms with Crippen LogP contribution in [0.3, 0.4) is 0 Å². The Balaban J connectivity index is 1.41. The van der Waals surface area contributed by atoms with Gasteiger partial charge in [0.05, 0.1) is 24.1 Å². The van der Waals surface area contributed by atoms with Gasteiger partial charge in [0.1, 0.15) is 5.75 Å². The van der Waals surface area contributed by atoms with Crippen molar-refractivity contribution in [2.45, 2.75) is 24.7 Å². The zero-order chi connectivity index (χ0) is 22.5. The second kappa shape index (κ2) is 10.0. The van der Waals surface area contributed by atoms with Crippen LogP contribution in [0.2, 0.25) is 0 Å². The molecule has 1 amide bonds. The molecule has 32 heavy (non-hydrogen) atoms. The first-order valence-electron chi connectivity index (χ1n) is 10.5. The molecule has 0 unspecified atom stereocenters. The number of thioether (sulfide) groups is 1. The van der Waals surface area contributed by atoms with Gasteiger partial charge in [-0.05, 0) is 18.2 Å². The Labute approximate surface area is 191 Å². The van der Waals surface area contributed by atoms with E-state index in [4.69, 9.17) is 4.74 Å². The lowest BCUT2D eigenvalue weighted by molar-refractivity contribution is -0.115. The second-order valence-corrected chi connectivity index (χ2v) is 8.61. The summed E-state index contributed by atoms with van der Waals surface area (Å²) in [7, 11) is 3.41. The number of aromatic nitrogens is 2. The topological polar surface area (TPSA) is 78.5 Å². The maximum atomic E-state index is 12.8. The highest BCUT2D eigenvalue weighted by Crippen LogP contribution is 2.23. The number of rotatable bonds is 7. The van der Waals surface area contributed by atoms with Gasteiger partial charge in [0, 0.05) is 44.4 Å². The van der Waals surface area contributed by atoms with Crippen LogP contribution >= 0.6 is 11.8 Å². The highest BCUT2D eigenvalue weighted by atomic mass is 32.2. The largest absolute Gasteiger partial charge is 0.496 e. The molecule has 0 atom stereocenters. The number of hydrogen-bond donors (Lipinski definition) is 1. The van der Waals surface area contributed by atoms with Crippen LogP contribution in [0.25, 0.3) is 0 Å². The molecule has 2 aromatic carbocycles. The number of fused-ring (bicyclic) bond motifs is 1. The Morgan fingerprint density at radius 2 is 1.94 bits per heavy atom. The normalized spacial score (nSPS) is 13.4. The summed E-state index contributed by atoms with van der Waals surface area (Å²) in [6, 6.07) is 17.4. The van der Waals surface area contributed by atoms with Gasteiger partial charge in [0.15, 0.2) is 5.16 Å². The van der Waals surface area contributed by atoms with Gasteiger partial charge in [0.2, 0.25) is 5.91 Å². The molecule has 166 valence electrons. The molecule has 0 saturated heterocycles. The number of carbonyl (C=O) groups excluding carboxylic acids is 1. The first-order valence-corrected chi connectivity index (χ1v) is 11.4. The van der Waals surface area contributed by atoms with E-state index in [2.05, 4.69) is 14.9 Å². The van der Waals surface area contributed by atoms with Crippen molar-refractivity contribution in [3.8, 4) is 5.75 Å². The fourth-order valence-electron chi connectivity index (χ4n) is 3.76. The molecule has 0 fully saturated rings. The summed E-state index contributed by atoms with van der Waals surface area (Å²) in [4.78, 5) is 36.6. The van der Waals surface area contributed by atoms with Crippen molar-refractivity contribution in [3.63, 3.8) is 0 Å². The first-order chi connectivity index (χ1) is 15.5. The number of H-pyrrole nitrogens is 1. The number of ether oxygens (including phenoxy) is 1. The molecule has 3 aromatic rings. The maximum Gasteiger partial charge on any atom is 0.256 e. The van der Waals surface area contributed by atoms with E-state index >= 15 is 0 Å². The van der Waals surface area contributed by atoms with E-state index in [1.165, 1.54) is 11.8 Å². The number of hydrogen-bond acceptors (Lipinski definition) is 6. The standard InChI is InChI=1S/C24H26N4O3S/c1-27(18-9-4-3-5-10-18)22(29)16-32-24-25-20-12-13-28(15-19(20)23(30)26-24)14-17-8-6-7-11-21(17)31-2/h3-11H,12-16H2,1-2H3,(H,25,26,30). The van der Waals surface area contributed by atoms with E-state index in [1.54, 1.807) is 19.1 Å². The number of anilines is 1. The Kier molecular flexibility index (Phi) is 6.92. The Morgan fingerprint density at radius 3 is 2.72 bits per heavy atom. The molecule has 0 bridgehead atoms. The number of carbonyl (C=O) groups is 1. The third-order valence-electron chi connectivity index (χ3n) is 5.56. The highest BCUT2D eigenvalue weighted by molar-refractivity contribution is 7.99. The minimum Gasteiger partial charge on any atom is -0.496 e. The molecule has 1 aliphatic heterocycles. The Morgan fingerprint density at radius 1 is 1.19 bits per heavy atom. The lowest BCUT2D eigenvalue weighted by atomic mass is 10.1. The molecular weight excluding hydrogens is 424 g/mol. The number of amides is 1. The summed E-state index contributed by atoms with van der Waals surface area (Å²) in [5.41, 5.74) is 3.31. The van der Waals surface area contributed by atoms with Crippen LogP contribution < -0.4 is 15.2 Å². The number of nitrogens with zero attached hydrogens (tertiary/aromatic N) is 3. The van der Waals surface area contributed by atoms with Gasteiger partial charge in [-0.25, -0.2) is 4.98 Å². The third-order valence-corrected chi connectivity index (χ3v) is 6.42. The molecule has 7 nitrogen and oxygen atoms in total. The van der Waals surface area contributed by atoms with Gasteiger partial charge in [-0.3, -0.25) is 14.5 Å². The average Bonchev–Trinajstić information content (AvgIpc) is 2.83. The van der Waals surface area contributed by atoms with Crippen LogP contribution in [-0.4, -0.2) is 47.2 Å². The summed E-state index contributed by atoms with van der Waals surface area (Å²) >= 11 is 1.26. The number of nitrogens with one attached hydrogen (secondary N) is 1. The Hall–Kier alpha value is -3.10. The van der Waals surface area contributed by atoms with E-state index in [1.807, 2.05) is 54.6 Å². The third kappa shape index (κ3) is 5.03. The van der Waals surface area contributed by atoms with E-state index in [0.717, 1.165) is 29.2 Å². The summed E-state index contributed by atoms with van der Waals surface area (Å²) < 4.78 is 5.45. The first kappa shape index (κ1) is 22.1. The van der Waals surface area contributed by atoms with Crippen LogP contribution in [0, 0.1) is 0 Å². The molecule has 0 saturated carbocycles. The van der Waals surface area contributed by atoms with Crippen LogP contribution in [-0.2, 0) is 24.3 Å². The van der Waals surface area contributed by atoms with E-state index in [-0.39, 0.29) is 17.2 Å². The van der Waals surface area contributed by atoms with E-state index < -0.39 is 0 Å². The number of para-hydroxylation sites is 2. The summed E-state index contributed by atoms with van der Waals surface area (Å²) in [6.07, 6.45) is 0.694. The van der Waals surface area contributed by atoms with Crippen molar-refractivity contribution in [3.05, 3.63) is 81.8 Å². The van der Waals surface area contributed by atoms with Crippen molar-refractivity contribution in [1.29, 1.82) is 0 Å². The van der Waals surface area contributed by atoms with E-state index in [0.29, 0.717) is 30.2 Å². The van der Waals surface area contributed by atoms with Crippen LogP contribution in [0.1, 0.15) is 16.8 Å². The van der Waals surface area contributed by atoms with Gasteiger partial charge < -0.3 is 14.6 Å². The van der Waals surface area contributed by atoms with E-state index in [9.17, 15) is 9.59 Å². The maximum absolute atomic E-state index is 12.8. The fourth-order valence-corrected chi connectivity index (χ4v) is 4.55. The highest BCUT2D eigenvalue weighted by Gasteiger charge is 2.22. The lowest BCUT2D eigenvalue weighted by Crippen LogP contribution is -2.35. The second-order valence-electron chi connectivity index (χ2n) is 7.65. The zero-order valence-electron chi connectivity index (χ0n) is 18.2. The van der Waals surface area contributed by atoms with Gasteiger partial charge in [0.25, 0.3) is 5.56 Å². The summed E-state index contributed by atoms with van der Waals surface area (Å²) in [5.74, 6) is 0.999. The van der Waals surface area contributed by atoms with Crippen LogP contribution in [0.4, 0.5) is 5.69 Å². The molecule has 0 spiro atoms.